The van der Waals surface area contributed by atoms with E-state index >= 15 is 0 Å². The number of allylic oxidation sites excluding steroid dienone is 11. The fraction of sp³-hybridized carbons (Fsp3) is 0.740. The molecule has 1 aliphatic heterocycles. The minimum Gasteiger partial charge on any atom is -0.394 e. The highest BCUT2D eigenvalue weighted by atomic mass is 16.7. The van der Waals surface area contributed by atoms with Gasteiger partial charge in [0.15, 0.2) is 6.29 Å². The Labute approximate surface area is 359 Å². The van der Waals surface area contributed by atoms with E-state index in [0.29, 0.717) is 6.42 Å². The normalized spacial score (nSPS) is 21.4. The molecule has 0 saturated carbocycles. The Bertz CT molecular complexity index is 1150. The van der Waals surface area contributed by atoms with Crippen molar-refractivity contribution in [2.45, 2.75) is 224 Å². The first-order chi connectivity index (χ1) is 28.8. The Morgan fingerprint density at radius 1 is 0.576 bits per heavy atom. The van der Waals surface area contributed by atoms with Crippen LogP contribution >= 0.6 is 0 Å². The van der Waals surface area contributed by atoms with Gasteiger partial charge in [-0.2, -0.15) is 0 Å². The Morgan fingerprint density at radius 2 is 1.05 bits per heavy atom. The third-order valence-corrected chi connectivity index (χ3v) is 10.7. The largest absolute Gasteiger partial charge is 0.394 e. The molecule has 340 valence electrons. The molecule has 1 saturated heterocycles. The van der Waals surface area contributed by atoms with Crippen LogP contribution in [0.5, 0.6) is 0 Å². The fourth-order valence-electron chi connectivity index (χ4n) is 6.91. The van der Waals surface area contributed by atoms with Gasteiger partial charge in [0.25, 0.3) is 0 Å². The topological polar surface area (TPSA) is 149 Å². The first-order valence-corrected chi connectivity index (χ1v) is 23.7. The zero-order valence-corrected chi connectivity index (χ0v) is 37.2. The van der Waals surface area contributed by atoms with Crippen LogP contribution in [0, 0.1) is 0 Å². The van der Waals surface area contributed by atoms with Crippen LogP contribution in [0.4, 0.5) is 0 Å². The fourth-order valence-corrected chi connectivity index (χ4v) is 6.91. The Balaban J connectivity index is 2.28. The van der Waals surface area contributed by atoms with E-state index in [1.807, 2.05) is 6.08 Å². The van der Waals surface area contributed by atoms with Crippen LogP contribution in [0.25, 0.3) is 0 Å². The van der Waals surface area contributed by atoms with E-state index in [-0.39, 0.29) is 12.5 Å². The first kappa shape index (κ1) is 54.6. The number of nitrogens with one attached hydrogen (secondary N) is 1. The van der Waals surface area contributed by atoms with Crippen LogP contribution in [0.2, 0.25) is 0 Å². The summed E-state index contributed by atoms with van der Waals surface area (Å²) in [6, 6.07) is -0.832. The zero-order valence-electron chi connectivity index (χ0n) is 37.2. The van der Waals surface area contributed by atoms with Gasteiger partial charge in [-0.05, 0) is 77.0 Å². The molecule has 9 nitrogen and oxygen atoms in total. The lowest BCUT2D eigenvalue weighted by molar-refractivity contribution is -0.302. The smallest absolute Gasteiger partial charge is 0.220 e. The molecule has 0 aromatic rings. The highest BCUT2D eigenvalue weighted by molar-refractivity contribution is 5.76. The number of hydrogen-bond acceptors (Lipinski definition) is 8. The van der Waals surface area contributed by atoms with Gasteiger partial charge in [0.2, 0.25) is 5.91 Å². The number of aliphatic hydroxyl groups excluding tert-OH is 5. The molecule has 0 aromatic carbocycles. The predicted molar refractivity (Wildman–Crippen MR) is 244 cm³/mol. The molecule has 0 aromatic heterocycles. The number of carbonyl (C=O) groups excluding carboxylic acids is 1. The van der Waals surface area contributed by atoms with E-state index < -0.39 is 49.5 Å². The number of hydrogen-bond donors (Lipinski definition) is 6. The van der Waals surface area contributed by atoms with Gasteiger partial charge in [0.05, 0.1) is 25.4 Å². The Hall–Kier alpha value is -2.37. The van der Waals surface area contributed by atoms with Gasteiger partial charge in [-0.3, -0.25) is 4.79 Å². The quantitative estimate of drug-likeness (QED) is 0.0266. The third-order valence-electron chi connectivity index (χ3n) is 10.7. The van der Waals surface area contributed by atoms with Gasteiger partial charge in [-0.25, -0.2) is 0 Å². The second kappa shape index (κ2) is 39.7. The number of unbranched alkanes of at least 4 members (excludes halogenated alkanes) is 18. The van der Waals surface area contributed by atoms with Crippen LogP contribution in [-0.4, -0.2) is 87.5 Å². The maximum atomic E-state index is 12.9. The molecular weight excluding hydrogens is 743 g/mol. The van der Waals surface area contributed by atoms with Crippen molar-refractivity contribution in [2.75, 3.05) is 13.2 Å². The van der Waals surface area contributed by atoms with Crippen molar-refractivity contribution in [3.05, 3.63) is 72.9 Å². The molecule has 0 spiro atoms. The van der Waals surface area contributed by atoms with E-state index in [1.165, 1.54) is 77.0 Å². The number of amides is 1. The molecule has 59 heavy (non-hydrogen) atoms. The molecular formula is C50H87NO8. The Kier molecular flexibility index (Phi) is 36.8. The number of aliphatic hydroxyl groups is 5. The van der Waals surface area contributed by atoms with E-state index in [2.05, 4.69) is 79.9 Å². The number of ether oxygens (including phenoxy) is 2. The summed E-state index contributed by atoms with van der Waals surface area (Å²) >= 11 is 0. The predicted octanol–water partition coefficient (Wildman–Crippen LogP) is 10.2. The molecule has 9 heteroatoms. The highest BCUT2D eigenvalue weighted by Gasteiger charge is 2.44. The van der Waals surface area contributed by atoms with Crippen molar-refractivity contribution in [2.24, 2.45) is 0 Å². The van der Waals surface area contributed by atoms with Gasteiger partial charge >= 0.3 is 0 Å². The molecule has 1 amide bonds. The van der Waals surface area contributed by atoms with Gasteiger partial charge in [0, 0.05) is 6.42 Å². The minimum atomic E-state index is -1.58. The summed E-state index contributed by atoms with van der Waals surface area (Å²) < 4.78 is 11.2. The van der Waals surface area contributed by atoms with Crippen molar-refractivity contribution < 1.29 is 39.8 Å². The molecule has 6 N–H and O–H groups in total. The summed E-state index contributed by atoms with van der Waals surface area (Å²) in [7, 11) is 0. The van der Waals surface area contributed by atoms with Crippen molar-refractivity contribution in [1.82, 2.24) is 5.32 Å². The third kappa shape index (κ3) is 30.3. The summed E-state index contributed by atoms with van der Waals surface area (Å²) in [5.41, 5.74) is 0. The van der Waals surface area contributed by atoms with Gasteiger partial charge in [-0.15, -0.1) is 0 Å². The maximum absolute atomic E-state index is 12.9. The summed E-state index contributed by atoms with van der Waals surface area (Å²) in [6.07, 6.45) is 46.7. The minimum absolute atomic E-state index is 0.200. The molecule has 7 atom stereocenters. The maximum Gasteiger partial charge on any atom is 0.220 e. The van der Waals surface area contributed by atoms with Gasteiger partial charge in [0.1, 0.15) is 24.4 Å². The first-order valence-electron chi connectivity index (χ1n) is 23.7. The van der Waals surface area contributed by atoms with Crippen LogP contribution in [0.3, 0.4) is 0 Å². The molecule has 7 unspecified atom stereocenters. The molecule has 1 aliphatic rings. The SMILES string of the molecule is CCC/C=C/CC/C=C/CC/C=C/C(O)C(COC1OC(CO)C(O)C(O)C1O)NC(=O)CCCCCCCCCCCC/C=C\C/C=C\C/C=C\CCCCCCC. The number of carbonyl (C=O) groups is 1. The molecule has 0 bridgehead atoms. The summed E-state index contributed by atoms with van der Waals surface area (Å²) in [4.78, 5) is 12.9. The van der Waals surface area contributed by atoms with Crippen molar-refractivity contribution in [3.8, 4) is 0 Å². The molecule has 1 rings (SSSR count). The van der Waals surface area contributed by atoms with E-state index in [9.17, 15) is 30.3 Å². The summed E-state index contributed by atoms with van der Waals surface area (Å²) in [5.74, 6) is -0.200. The van der Waals surface area contributed by atoms with Crippen LogP contribution in [0.1, 0.15) is 181 Å². The zero-order chi connectivity index (χ0) is 43.0. The molecule has 0 radical (unpaired) electrons. The van der Waals surface area contributed by atoms with Crippen molar-refractivity contribution in [1.29, 1.82) is 0 Å². The second-order valence-corrected chi connectivity index (χ2v) is 16.2. The number of rotatable bonds is 38. The van der Waals surface area contributed by atoms with Crippen LogP contribution in [0.15, 0.2) is 72.9 Å². The van der Waals surface area contributed by atoms with Crippen molar-refractivity contribution >= 4 is 5.91 Å². The molecule has 0 aliphatic carbocycles. The lowest BCUT2D eigenvalue weighted by Gasteiger charge is -2.40. The van der Waals surface area contributed by atoms with Gasteiger partial charge in [-0.1, -0.05) is 170 Å². The molecule has 1 heterocycles. The van der Waals surface area contributed by atoms with E-state index in [1.54, 1.807) is 6.08 Å². The van der Waals surface area contributed by atoms with Crippen LogP contribution < -0.4 is 5.32 Å². The van der Waals surface area contributed by atoms with Crippen LogP contribution in [-0.2, 0) is 14.3 Å². The average Bonchev–Trinajstić information content (AvgIpc) is 3.23. The second-order valence-electron chi connectivity index (χ2n) is 16.2. The standard InChI is InChI=1S/C50H87NO8/c1-3-5-7-9-11-13-15-16-17-18-19-20-21-22-23-24-25-26-27-28-30-32-34-36-38-40-46(54)51-43(42-58-50-49(57)48(56)47(55)45(41-52)59-50)44(53)39-37-35-33-31-29-14-12-10-8-6-4-2/h8,10,15-16,18-19,21-22,29,31,37,39,43-45,47-50,52-53,55-57H,3-7,9,11-14,17,20,23-28,30,32-36,38,40-42H2,1-2H3,(H,51,54)/b10-8+,16-15-,19-18-,22-21-,31-29+,39-37+. The lowest BCUT2D eigenvalue weighted by Crippen LogP contribution is -2.60. The van der Waals surface area contributed by atoms with E-state index in [4.69, 9.17) is 9.47 Å². The summed E-state index contributed by atoms with van der Waals surface area (Å²) in [5, 5.41) is 54.1. The summed E-state index contributed by atoms with van der Waals surface area (Å²) in [6.45, 7) is 3.64. The van der Waals surface area contributed by atoms with E-state index in [0.717, 1.165) is 83.5 Å². The molecule has 1 fully saturated rings. The highest BCUT2D eigenvalue weighted by Crippen LogP contribution is 2.22. The lowest BCUT2D eigenvalue weighted by atomic mass is 9.99. The van der Waals surface area contributed by atoms with Gasteiger partial charge < -0.3 is 40.3 Å². The monoisotopic (exact) mass is 830 g/mol. The Morgan fingerprint density at radius 3 is 1.59 bits per heavy atom. The average molecular weight is 830 g/mol. The van der Waals surface area contributed by atoms with Crippen molar-refractivity contribution in [3.63, 3.8) is 0 Å².